The molecular weight excluding hydrogens is 193 g/mol. The van der Waals surface area contributed by atoms with Gasteiger partial charge in [-0.3, -0.25) is 0 Å². The maximum Gasteiger partial charge on any atom is 0.116 e. The average Bonchev–Trinajstić information content (AvgIpc) is 2.78. The van der Waals surface area contributed by atoms with Crippen molar-refractivity contribution in [2.75, 3.05) is 26.3 Å². The average molecular weight is 213 g/mol. The van der Waals surface area contributed by atoms with Gasteiger partial charge in [-0.25, -0.2) is 4.39 Å². The van der Waals surface area contributed by atoms with Gasteiger partial charge < -0.3 is 10.1 Å². The summed E-state index contributed by atoms with van der Waals surface area (Å²) in [7, 11) is 0. The number of alkyl halides is 1. The maximum atomic E-state index is 14.8. The molecule has 0 spiro atoms. The fourth-order valence-corrected chi connectivity index (χ4v) is 3.70. The van der Waals surface area contributed by atoms with Crippen LogP contribution in [0.1, 0.15) is 25.7 Å². The fraction of sp³-hybridized carbons (Fsp3) is 1.00. The molecule has 3 heteroatoms. The lowest BCUT2D eigenvalue weighted by Gasteiger charge is -2.33. The van der Waals surface area contributed by atoms with Crippen molar-refractivity contribution in [1.82, 2.24) is 5.32 Å². The van der Waals surface area contributed by atoms with Gasteiger partial charge in [0.05, 0.1) is 6.61 Å². The molecule has 0 aromatic rings. The van der Waals surface area contributed by atoms with Gasteiger partial charge >= 0.3 is 0 Å². The van der Waals surface area contributed by atoms with Crippen LogP contribution in [0, 0.1) is 17.8 Å². The molecule has 1 aliphatic carbocycles. The zero-order chi connectivity index (χ0) is 10.3. The van der Waals surface area contributed by atoms with Crippen LogP contribution in [0.25, 0.3) is 0 Å². The first kappa shape index (κ1) is 10.0. The number of ether oxygens (including phenoxy) is 1. The van der Waals surface area contributed by atoms with Gasteiger partial charge in [-0.05, 0) is 50.6 Å². The summed E-state index contributed by atoms with van der Waals surface area (Å²) in [5.41, 5.74) is -0.905. The van der Waals surface area contributed by atoms with Crippen molar-refractivity contribution in [3.8, 4) is 0 Å². The van der Waals surface area contributed by atoms with E-state index in [2.05, 4.69) is 5.32 Å². The zero-order valence-electron chi connectivity index (χ0n) is 9.18. The second-order valence-electron chi connectivity index (χ2n) is 5.54. The van der Waals surface area contributed by atoms with E-state index in [4.69, 9.17) is 4.74 Å². The molecule has 15 heavy (non-hydrogen) atoms. The molecule has 0 amide bonds. The van der Waals surface area contributed by atoms with Gasteiger partial charge in [0.1, 0.15) is 5.67 Å². The number of rotatable bonds is 1. The van der Waals surface area contributed by atoms with Gasteiger partial charge in [0.2, 0.25) is 0 Å². The van der Waals surface area contributed by atoms with Crippen LogP contribution in [-0.4, -0.2) is 32.0 Å². The third-order valence-corrected chi connectivity index (χ3v) is 4.57. The van der Waals surface area contributed by atoms with E-state index in [9.17, 15) is 4.39 Å². The molecule has 0 aromatic heterocycles. The number of nitrogens with one attached hydrogen (secondary N) is 1. The number of hydrogen-bond acceptors (Lipinski definition) is 2. The third kappa shape index (κ3) is 1.70. The Hall–Kier alpha value is -0.150. The van der Waals surface area contributed by atoms with Gasteiger partial charge in [-0.1, -0.05) is 0 Å². The Kier molecular flexibility index (Phi) is 2.48. The van der Waals surface area contributed by atoms with E-state index in [1.807, 2.05) is 0 Å². The summed E-state index contributed by atoms with van der Waals surface area (Å²) in [5, 5.41) is 3.37. The minimum absolute atomic E-state index is 0.178. The van der Waals surface area contributed by atoms with Crippen LogP contribution in [-0.2, 0) is 4.74 Å². The number of fused-ring (bicyclic) bond motifs is 1. The lowest BCUT2D eigenvalue weighted by Crippen LogP contribution is -2.37. The normalized spacial score (nSPS) is 50.6. The highest BCUT2D eigenvalue weighted by molar-refractivity contribution is 5.02. The Labute approximate surface area is 90.6 Å². The molecule has 3 unspecified atom stereocenters. The van der Waals surface area contributed by atoms with Crippen molar-refractivity contribution in [2.45, 2.75) is 31.4 Å². The molecule has 1 saturated carbocycles. The van der Waals surface area contributed by atoms with E-state index < -0.39 is 5.67 Å². The van der Waals surface area contributed by atoms with E-state index in [1.54, 1.807) is 0 Å². The quantitative estimate of drug-likeness (QED) is 0.716. The summed E-state index contributed by atoms with van der Waals surface area (Å²) < 4.78 is 20.2. The van der Waals surface area contributed by atoms with Crippen molar-refractivity contribution >= 4 is 0 Å². The van der Waals surface area contributed by atoms with Crippen LogP contribution in [0.4, 0.5) is 4.39 Å². The monoisotopic (exact) mass is 213 g/mol. The summed E-state index contributed by atoms with van der Waals surface area (Å²) in [6, 6.07) is 0. The Balaban J connectivity index is 1.69. The van der Waals surface area contributed by atoms with Crippen molar-refractivity contribution in [1.29, 1.82) is 0 Å². The van der Waals surface area contributed by atoms with Gasteiger partial charge in [-0.2, -0.15) is 0 Å². The molecule has 0 radical (unpaired) electrons. The molecule has 3 atom stereocenters. The van der Waals surface area contributed by atoms with Gasteiger partial charge in [0.25, 0.3) is 0 Å². The first-order valence-corrected chi connectivity index (χ1v) is 6.25. The second-order valence-corrected chi connectivity index (χ2v) is 5.54. The molecular formula is C12H20FNO. The maximum absolute atomic E-state index is 14.8. The lowest BCUT2D eigenvalue weighted by atomic mass is 9.83. The van der Waals surface area contributed by atoms with Crippen LogP contribution >= 0.6 is 0 Å². The second kappa shape index (κ2) is 3.70. The Morgan fingerprint density at radius 1 is 1.20 bits per heavy atom. The molecule has 86 valence electrons. The number of halogens is 1. The van der Waals surface area contributed by atoms with Crippen molar-refractivity contribution in [3.63, 3.8) is 0 Å². The van der Waals surface area contributed by atoms with E-state index in [1.165, 1.54) is 0 Å². The summed E-state index contributed by atoms with van der Waals surface area (Å²) >= 11 is 0. The molecule has 2 aliphatic heterocycles. The molecule has 1 N–H and O–H groups in total. The largest absolute Gasteiger partial charge is 0.381 e. The smallest absolute Gasteiger partial charge is 0.116 e. The van der Waals surface area contributed by atoms with Crippen LogP contribution < -0.4 is 5.32 Å². The van der Waals surface area contributed by atoms with Crippen molar-refractivity contribution < 1.29 is 9.13 Å². The van der Waals surface area contributed by atoms with Crippen LogP contribution in [0.2, 0.25) is 0 Å². The third-order valence-electron chi connectivity index (χ3n) is 4.57. The summed E-state index contributed by atoms with van der Waals surface area (Å²) in [6.45, 7) is 3.55. The van der Waals surface area contributed by atoms with E-state index in [0.29, 0.717) is 18.4 Å². The summed E-state index contributed by atoms with van der Waals surface area (Å²) in [5.74, 6) is 1.37. The van der Waals surface area contributed by atoms with Crippen LogP contribution in [0.5, 0.6) is 0 Å². The zero-order valence-corrected chi connectivity index (χ0v) is 9.18. The van der Waals surface area contributed by atoms with Crippen molar-refractivity contribution in [3.05, 3.63) is 0 Å². The predicted octanol–water partition coefficient (Wildman–Crippen LogP) is 1.75. The highest BCUT2D eigenvalue weighted by Crippen LogP contribution is 2.49. The highest BCUT2D eigenvalue weighted by Gasteiger charge is 2.51. The Morgan fingerprint density at radius 3 is 2.53 bits per heavy atom. The molecule has 2 saturated heterocycles. The SMILES string of the molecule is FC1(C2CCCOC2)CC2CNCC2C1. The van der Waals surface area contributed by atoms with Crippen LogP contribution in [0.15, 0.2) is 0 Å². The van der Waals surface area contributed by atoms with E-state index in [0.717, 1.165) is 45.4 Å². The minimum Gasteiger partial charge on any atom is -0.381 e. The lowest BCUT2D eigenvalue weighted by molar-refractivity contribution is -0.0295. The molecule has 2 nitrogen and oxygen atoms in total. The molecule has 3 rings (SSSR count). The van der Waals surface area contributed by atoms with Gasteiger partial charge in [0, 0.05) is 12.5 Å². The van der Waals surface area contributed by atoms with Gasteiger partial charge in [0.15, 0.2) is 0 Å². The number of hydrogen-bond donors (Lipinski definition) is 1. The molecule has 0 bridgehead atoms. The highest BCUT2D eigenvalue weighted by atomic mass is 19.1. The van der Waals surface area contributed by atoms with E-state index >= 15 is 0 Å². The standard InChI is InChI=1S/C12H20FNO/c13-12(11-2-1-3-15-8-11)4-9-6-14-7-10(9)5-12/h9-11,14H,1-8H2. The summed E-state index contributed by atoms with van der Waals surface area (Å²) in [6.07, 6.45) is 3.63. The van der Waals surface area contributed by atoms with E-state index in [-0.39, 0.29) is 5.92 Å². The molecule has 3 aliphatic rings. The minimum atomic E-state index is -0.905. The first-order chi connectivity index (χ1) is 7.28. The topological polar surface area (TPSA) is 21.3 Å². The fourth-order valence-electron chi connectivity index (χ4n) is 3.70. The molecule has 2 heterocycles. The molecule has 0 aromatic carbocycles. The van der Waals surface area contributed by atoms with Crippen molar-refractivity contribution in [2.24, 2.45) is 17.8 Å². The first-order valence-electron chi connectivity index (χ1n) is 6.25. The van der Waals surface area contributed by atoms with Crippen LogP contribution in [0.3, 0.4) is 0 Å². The predicted molar refractivity (Wildman–Crippen MR) is 56.5 cm³/mol. The molecule has 3 fully saturated rings. The Bertz CT molecular complexity index is 228. The summed E-state index contributed by atoms with van der Waals surface area (Å²) in [4.78, 5) is 0. The van der Waals surface area contributed by atoms with Gasteiger partial charge in [-0.15, -0.1) is 0 Å². The Morgan fingerprint density at radius 2 is 1.93 bits per heavy atom.